The third-order valence-corrected chi connectivity index (χ3v) is 2.92. The summed E-state index contributed by atoms with van der Waals surface area (Å²) in [5.41, 5.74) is 7.36. The van der Waals surface area contributed by atoms with Gasteiger partial charge in [0.25, 0.3) is 0 Å². The Labute approximate surface area is 93.9 Å². The number of nitrogen functional groups attached to an aromatic ring is 1. The van der Waals surface area contributed by atoms with E-state index >= 15 is 0 Å². The predicted octanol–water partition coefficient (Wildman–Crippen LogP) is 2.03. The second-order valence-corrected chi connectivity index (χ2v) is 4.32. The van der Waals surface area contributed by atoms with E-state index in [1.165, 1.54) is 12.8 Å². The molecule has 3 rings (SSSR count). The quantitative estimate of drug-likeness (QED) is 0.767. The highest BCUT2D eigenvalue weighted by Gasteiger charge is 2.21. The third kappa shape index (κ3) is 1.78. The molecular formula is C12H14N4. The van der Waals surface area contributed by atoms with Gasteiger partial charge in [-0.1, -0.05) is 0 Å². The SMILES string of the molecule is Nc1ccc2c(NCC3CC3)ncnc2c1. The van der Waals surface area contributed by atoms with Gasteiger partial charge in [-0.05, 0) is 37.0 Å². The summed E-state index contributed by atoms with van der Waals surface area (Å²) in [6.45, 7) is 1.01. The van der Waals surface area contributed by atoms with Crippen molar-refractivity contribution in [2.75, 3.05) is 17.6 Å². The van der Waals surface area contributed by atoms with Crippen molar-refractivity contribution in [2.45, 2.75) is 12.8 Å². The minimum atomic E-state index is 0.736. The fraction of sp³-hybridized carbons (Fsp3) is 0.333. The van der Waals surface area contributed by atoms with Crippen LogP contribution in [0.25, 0.3) is 10.9 Å². The molecular weight excluding hydrogens is 200 g/mol. The minimum Gasteiger partial charge on any atom is -0.399 e. The van der Waals surface area contributed by atoms with Gasteiger partial charge >= 0.3 is 0 Å². The number of anilines is 2. The maximum Gasteiger partial charge on any atom is 0.137 e. The zero-order chi connectivity index (χ0) is 11.0. The fourth-order valence-electron chi connectivity index (χ4n) is 1.78. The first-order valence-corrected chi connectivity index (χ1v) is 5.57. The summed E-state index contributed by atoms with van der Waals surface area (Å²) in [6, 6.07) is 5.73. The van der Waals surface area contributed by atoms with E-state index in [1.807, 2.05) is 18.2 Å². The van der Waals surface area contributed by atoms with Gasteiger partial charge in [-0.15, -0.1) is 0 Å². The van der Waals surface area contributed by atoms with Gasteiger partial charge in [0, 0.05) is 17.6 Å². The van der Waals surface area contributed by atoms with Gasteiger partial charge in [0.15, 0.2) is 0 Å². The van der Waals surface area contributed by atoms with Gasteiger partial charge in [-0.3, -0.25) is 0 Å². The van der Waals surface area contributed by atoms with Crippen LogP contribution in [-0.2, 0) is 0 Å². The molecule has 1 aliphatic carbocycles. The van der Waals surface area contributed by atoms with E-state index in [0.29, 0.717) is 0 Å². The van der Waals surface area contributed by atoms with Crippen molar-refractivity contribution >= 4 is 22.4 Å². The molecule has 16 heavy (non-hydrogen) atoms. The fourth-order valence-corrected chi connectivity index (χ4v) is 1.78. The van der Waals surface area contributed by atoms with Crippen molar-refractivity contribution in [2.24, 2.45) is 5.92 Å². The van der Waals surface area contributed by atoms with Crippen LogP contribution >= 0.6 is 0 Å². The van der Waals surface area contributed by atoms with E-state index < -0.39 is 0 Å². The third-order valence-electron chi connectivity index (χ3n) is 2.92. The lowest BCUT2D eigenvalue weighted by atomic mass is 10.2. The average molecular weight is 214 g/mol. The van der Waals surface area contributed by atoms with Gasteiger partial charge < -0.3 is 11.1 Å². The number of nitrogens with one attached hydrogen (secondary N) is 1. The minimum absolute atomic E-state index is 0.736. The molecule has 2 aromatic rings. The van der Waals surface area contributed by atoms with Crippen molar-refractivity contribution < 1.29 is 0 Å². The molecule has 1 aromatic carbocycles. The summed E-state index contributed by atoms with van der Waals surface area (Å²) in [5, 5.41) is 4.42. The van der Waals surface area contributed by atoms with Gasteiger partial charge in [-0.25, -0.2) is 9.97 Å². The van der Waals surface area contributed by atoms with E-state index in [4.69, 9.17) is 5.73 Å². The van der Waals surface area contributed by atoms with Crippen LogP contribution in [0.1, 0.15) is 12.8 Å². The Hall–Kier alpha value is -1.84. The summed E-state index contributed by atoms with van der Waals surface area (Å²) in [5.74, 6) is 1.75. The molecule has 0 spiro atoms. The van der Waals surface area contributed by atoms with E-state index in [0.717, 1.165) is 34.9 Å². The summed E-state index contributed by atoms with van der Waals surface area (Å²) in [4.78, 5) is 8.49. The lowest BCUT2D eigenvalue weighted by molar-refractivity contribution is 0.883. The van der Waals surface area contributed by atoms with Crippen LogP contribution in [-0.4, -0.2) is 16.5 Å². The monoisotopic (exact) mass is 214 g/mol. The van der Waals surface area contributed by atoms with Crippen LogP contribution in [0.3, 0.4) is 0 Å². The van der Waals surface area contributed by atoms with Gasteiger partial charge in [-0.2, -0.15) is 0 Å². The van der Waals surface area contributed by atoms with E-state index in [1.54, 1.807) is 6.33 Å². The standard InChI is InChI=1S/C12H14N4/c13-9-3-4-10-11(5-9)15-7-16-12(10)14-6-8-1-2-8/h3-5,7-8H,1-2,6,13H2,(H,14,15,16). The Bertz CT molecular complexity index is 519. The van der Waals surface area contributed by atoms with Crippen LogP contribution < -0.4 is 11.1 Å². The smallest absolute Gasteiger partial charge is 0.137 e. The van der Waals surface area contributed by atoms with Crippen LogP contribution in [0.2, 0.25) is 0 Å². The maximum absolute atomic E-state index is 5.73. The molecule has 4 heteroatoms. The molecule has 82 valence electrons. The van der Waals surface area contributed by atoms with E-state index in [9.17, 15) is 0 Å². The van der Waals surface area contributed by atoms with Crippen LogP contribution in [0.5, 0.6) is 0 Å². The van der Waals surface area contributed by atoms with Crippen molar-refractivity contribution in [3.8, 4) is 0 Å². The molecule has 0 radical (unpaired) electrons. The van der Waals surface area contributed by atoms with Crippen molar-refractivity contribution in [1.29, 1.82) is 0 Å². The van der Waals surface area contributed by atoms with Crippen molar-refractivity contribution in [3.63, 3.8) is 0 Å². The molecule has 0 saturated heterocycles. The van der Waals surface area contributed by atoms with Crippen molar-refractivity contribution in [1.82, 2.24) is 9.97 Å². The molecule has 1 aliphatic rings. The summed E-state index contributed by atoms with van der Waals surface area (Å²) in [6.07, 6.45) is 4.25. The first-order valence-electron chi connectivity index (χ1n) is 5.57. The Morgan fingerprint density at radius 2 is 2.19 bits per heavy atom. The lowest BCUT2D eigenvalue weighted by Gasteiger charge is -2.07. The maximum atomic E-state index is 5.73. The Morgan fingerprint density at radius 3 is 3.00 bits per heavy atom. The Kier molecular flexibility index (Phi) is 2.13. The number of rotatable bonds is 3. The molecule has 0 bridgehead atoms. The van der Waals surface area contributed by atoms with Gasteiger partial charge in [0.1, 0.15) is 12.1 Å². The highest BCUT2D eigenvalue weighted by molar-refractivity contribution is 5.90. The molecule has 1 aromatic heterocycles. The second-order valence-electron chi connectivity index (χ2n) is 4.32. The van der Waals surface area contributed by atoms with Crippen LogP contribution in [0, 0.1) is 5.92 Å². The average Bonchev–Trinajstić information content (AvgIpc) is 3.09. The van der Waals surface area contributed by atoms with Gasteiger partial charge in [0.05, 0.1) is 5.52 Å². The molecule has 0 amide bonds. The van der Waals surface area contributed by atoms with Crippen molar-refractivity contribution in [3.05, 3.63) is 24.5 Å². The number of fused-ring (bicyclic) bond motifs is 1. The molecule has 1 heterocycles. The molecule has 4 nitrogen and oxygen atoms in total. The topological polar surface area (TPSA) is 63.8 Å². The Morgan fingerprint density at radius 1 is 1.31 bits per heavy atom. The summed E-state index contributed by atoms with van der Waals surface area (Å²) < 4.78 is 0. The zero-order valence-corrected chi connectivity index (χ0v) is 8.98. The number of nitrogens with two attached hydrogens (primary N) is 1. The first-order chi connectivity index (χ1) is 7.83. The highest BCUT2D eigenvalue weighted by atomic mass is 15.0. The Balaban J connectivity index is 1.95. The largest absolute Gasteiger partial charge is 0.399 e. The lowest BCUT2D eigenvalue weighted by Crippen LogP contribution is -2.05. The molecule has 1 fully saturated rings. The molecule has 1 saturated carbocycles. The number of aromatic nitrogens is 2. The number of hydrogen-bond acceptors (Lipinski definition) is 4. The van der Waals surface area contributed by atoms with Crippen LogP contribution in [0.4, 0.5) is 11.5 Å². The summed E-state index contributed by atoms with van der Waals surface area (Å²) in [7, 11) is 0. The summed E-state index contributed by atoms with van der Waals surface area (Å²) >= 11 is 0. The first kappa shape index (κ1) is 9.39. The molecule has 3 N–H and O–H groups in total. The highest BCUT2D eigenvalue weighted by Crippen LogP contribution is 2.29. The van der Waals surface area contributed by atoms with E-state index in [-0.39, 0.29) is 0 Å². The second kappa shape index (κ2) is 3.63. The molecule has 0 atom stereocenters. The number of benzene rings is 1. The predicted molar refractivity (Wildman–Crippen MR) is 65.2 cm³/mol. The molecule has 0 unspecified atom stereocenters. The van der Waals surface area contributed by atoms with Gasteiger partial charge in [0.2, 0.25) is 0 Å². The zero-order valence-electron chi connectivity index (χ0n) is 8.98. The number of nitrogens with zero attached hydrogens (tertiary/aromatic N) is 2. The van der Waals surface area contributed by atoms with Crippen LogP contribution in [0.15, 0.2) is 24.5 Å². The molecule has 0 aliphatic heterocycles. The normalized spacial score (nSPS) is 15.2. The van der Waals surface area contributed by atoms with E-state index in [2.05, 4.69) is 15.3 Å². The number of hydrogen-bond donors (Lipinski definition) is 2.